The summed E-state index contributed by atoms with van der Waals surface area (Å²) in [7, 11) is 3.54. The number of hydrogen-bond acceptors (Lipinski definition) is 7. The second kappa shape index (κ2) is 9.17. The number of aromatic nitrogens is 2. The number of nitrogens with zero attached hydrogens (tertiary/aromatic N) is 5. The lowest BCUT2D eigenvalue weighted by Gasteiger charge is -2.34. The Morgan fingerprint density at radius 3 is 2.37 bits per heavy atom. The minimum atomic E-state index is -4.74. The van der Waals surface area contributed by atoms with E-state index in [-0.39, 0.29) is 11.1 Å². The van der Waals surface area contributed by atoms with Gasteiger partial charge in [-0.3, -0.25) is 14.9 Å². The van der Waals surface area contributed by atoms with Crippen molar-refractivity contribution in [1.29, 1.82) is 0 Å². The minimum Gasteiger partial charge on any atom is -0.369 e. The minimum absolute atomic E-state index is 0.0746. The number of fused-ring (bicyclic) bond motifs is 1. The first-order valence-corrected chi connectivity index (χ1v) is 11.0. The molecule has 35 heavy (non-hydrogen) atoms. The molecule has 3 aromatic rings. The average molecular weight is 490 g/mol. The second-order valence-corrected chi connectivity index (χ2v) is 8.73. The van der Waals surface area contributed by atoms with Crippen molar-refractivity contribution in [3.63, 3.8) is 0 Å². The number of nitro groups is 1. The molecule has 0 amide bonds. The van der Waals surface area contributed by atoms with Crippen LogP contribution < -0.4 is 15.8 Å². The number of likely N-dealkylation sites (N-methyl/N-ethyl adjacent to an activating group) is 1. The summed E-state index contributed by atoms with van der Waals surface area (Å²) < 4.78 is 41.2. The molecule has 186 valence electrons. The van der Waals surface area contributed by atoms with E-state index >= 15 is 0 Å². The van der Waals surface area contributed by atoms with Crippen LogP contribution in [0.15, 0.2) is 41.2 Å². The van der Waals surface area contributed by atoms with Gasteiger partial charge in [0.05, 0.1) is 21.9 Å². The number of nitrogens with one attached hydrogen (secondary N) is 1. The lowest BCUT2D eigenvalue weighted by molar-refractivity contribution is -0.385. The Balaban J connectivity index is 1.75. The highest BCUT2D eigenvalue weighted by molar-refractivity contribution is 5.93. The molecule has 9 nitrogen and oxygen atoms in total. The summed E-state index contributed by atoms with van der Waals surface area (Å²) in [4.78, 5) is 27.5. The van der Waals surface area contributed by atoms with Crippen molar-refractivity contribution >= 4 is 28.0 Å². The number of hydrogen-bond donors (Lipinski definition) is 1. The summed E-state index contributed by atoms with van der Waals surface area (Å²) in [5, 5.41) is 19.5. The third-order valence-electron chi connectivity index (χ3n) is 6.23. The van der Waals surface area contributed by atoms with Crippen LogP contribution in [0.2, 0.25) is 0 Å². The molecule has 0 aliphatic carbocycles. The van der Waals surface area contributed by atoms with E-state index in [1.165, 1.54) is 7.05 Å². The van der Waals surface area contributed by atoms with Crippen molar-refractivity contribution in [2.75, 3.05) is 43.4 Å². The summed E-state index contributed by atoms with van der Waals surface area (Å²) in [6.45, 7) is 5.00. The Hall–Kier alpha value is -3.67. The maximum Gasteiger partial charge on any atom is 0.416 e. The summed E-state index contributed by atoms with van der Waals surface area (Å²) >= 11 is 0. The van der Waals surface area contributed by atoms with Crippen LogP contribution in [0.5, 0.6) is 0 Å². The van der Waals surface area contributed by atoms with Gasteiger partial charge in [-0.2, -0.15) is 18.3 Å². The van der Waals surface area contributed by atoms with Gasteiger partial charge in [0, 0.05) is 56.4 Å². The zero-order valence-electron chi connectivity index (χ0n) is 19.5. The molecule has 2 heterocycles. The number of nitro benzene ring substituents is 1. The topological polar surface area (TPSA) is 96.5 Å². The lowest BCUT2D eigenvalue weighted by atomic mass is 10.0. The molecule has 1 aliphatic rings. The number of aryl methyl sites for hydroxylation is 1. The van der Waals surface area contributed by atoms with Gasteiger partial charge in [0.25, 0.3) is 11.2 Å². The molecule has 12 heteroatoms. The van der Waals surface area contributed by atoms with Gasteiger partial charge in [-0.15, -0.1) is 0 Å². The Morgan fingerprint density at radius 1 is 1.06 bits per heavy atom. The predicted molar refractivity (Wildman–Crippen MR) is 127 cm³/mol. The van der Waals surface area contributed by atoms with Gasteiger partial charge in [0.2, 0.25) is 0 Å². The highest BCUT2D eigenvalue weighted by Gasteiger charge is 2.33. The molecule has 2 aromatic carbocycles. The van der Waals surface area contributed by atoms with Gasteiger partial charge < -0.3 is 15.1 Å². The van der Waals surface area contributed by atoms with Gasteiger partial charge >= 0.3 is 6.18 Å². The number of halogens is 3. The number of benzene rings is 2. The number of piperazine rings is 1. The number of anilines is 2. The van der Waals surface area contributed by atoms with Crippen LogP contribution in [0.4, 0.5) is 30.4 Å². The zero-order valence-corrected chi connectivity index (χ0v) is 19.5. The van der Waals surface area contributed by atoms with E-state index in [9.17, 15) is 28.1 Å². The SMILES string of the molecule is C[C@@H](Nc1nn(C)c(=O)c2ccc(N3CCN(C)CC3)cc12)c1cc([N+](=O)[O-])cc(C(F)(F)F)c1. The fourth-order valence-corrected chi connectivity index (χ4v) is 4.15. The lowest BCUT2D eigenvalue weighted by Crippen LogP contribution is -2.44. The molecule has 0 radical (unpaired) electrons. The molecule has 4 rings (SSSR count). The average Bonchev–Trinajstić information content (AvgIpc) is 2.81. The van der Waals surface area contributed by atoms with Gasteiger partial charge in [-0.25, -0.2) is 4.68 Å². The van der Waals surface area contributed by atoms with Gasteiger partial charge in [0.1, 0.15) is 0 Å². The molecule has 0 bridgehead atoms. The Morgan fingerprint density at radius 2 is 1.74 bits per heavy atom. The van der Waals surface area contributed by atoms with Crippen molar-refractivity contribution in [3.8, 4) is 0 Å². The van der Waals surface area contributed by atoms with E-state index in [0.717, 1.165) is 48.7 Å². The van der Waals surface area contributed by atoms with Crippen LogP contribution in [-0.2, 0) is 13.2 Å². The summed E-state index contributed by atoms with van der Waals surface area (Å²) in [6, 6.07) is 7.17. The summed E-state index contributed by atoms with van der Waals surface area (Å²) in [6.07, 6.45) is -4.74. The normalized spacial score (nSPS) is 15.9. The molecule has 1 saturated heterocycles. The molecule has 0 saturated carbocycles. The van der Waals surface area contributed by atoms with Gasteiger partial charge in [-0.1, -0.05) is 0 Å². The standard InChI is InChI=1S/C23H25F3N6O3/c1-14(15-10-16(23(24,25)26)12-18(11-15)32(34)35)27-21-20-13-17(31-8-6-29(2)7-9-31)4-5-19(20)22(33)30(3)28-21/h4-5,10-14H,6-9H2,1-3H3,(H,27,28)/t14-/m1/s1. The Bertz CT molecular complexity index is 1330. The van der Waals surface area contributed by atoms with Gasteiger partial charge in [0.15, 0.2) is 5.82 Å². The van der Waals surface area contributed by atoms with Crippen LogP contribution in [-0.4, -0.2) is 52.8 Å². The third kappa shape index (κ3) is 5.06. The fraction of sp³-hybridized carbons (Fsp3) is 0.391. The van der Waals surface area contributed by atoms with Crippen LogP contribution in [0.3, 0.4) is 0 Å². The van der Waals surface area contributed by atoms with Crippen LogP contribution in [0.25, 0.3) is 10.8 Å². The van der Waals surface area contributed by atoms with Crippen molar-refractivity contribution < 1.29 is 18.1 Å². The quantitative estimate of drug-likeness (QED) is 0.429. The molecule has 0 unspecified atom stereocenters. The maximum absolute atomic E-state index is 13.4. The highest BCUT2D eigenvalue weighted by Crippen LogP contribution is 2.35. The molecule has 1 aliphatic heterocycles. The summed E-state index contributed by atoms with van der Waals surface area (Å²) in [5.74, 6) is 0.297. The van der Waals surface area contributed by atoms with Crippen molar-refractivity contribution in [3.05, 3.63) is 68.0 Å². The first-order chi connectivity index (χ1) is 16.4. The second-order valence-electron chi connectivity index (χ2n) is 8.73. The number of non-ortho nitro benzene ring substituents is 1. The molecule has 1 N–H and O–H groups in total. The monoisotopic (exact) mass is 490 g/mol. The van der Waals surface area contributed by atoms with E-state index in [4.69, 9.17) is 0 Å². The van der Waals surface area contributed by atoms with E-state index in [2.05, 4.69) is 20.2 Å². The molecular weight excluding hydrogens is 465 g/mol. The Labute approximate surface area is 198 Å². The summed E-state index contributed by atoms with van der Waals surface area (Å²) in [5.41, 5.74) is -1.08. The van der Waals surface area contributed by atoms with Crippen molar-refractivity contribution in [2.45, 2.75) is 19.1 Å². The number of rotatable bonds is 5. The first-order valence-electron chi connectivity index (χ1n) is 11.0. The smallest absolute Gasteiger partial charge is 0.369 e. The molecule has 1 aromatic heterocycles. The zero-order chi connectivity index (χ0) is 25.5. The molecule has 1 fully saturated rings. The van der Waals surface area contributed by atoms with Gasteiger partial charge in [-0.05, 0) is 43.8 Å². The Kier molecular flexibility index (Phi) is 6.41. The third-order valence-corrected chi connectivity index (χ3v) is 6.23. The molecular formula is C23H25F3N6O3. The highest BCUT2D eigenvalue weighted by atomic mass is 19.4. The van der Waals surface area contributed by atoms with Crippen molar-refractivity contribution in [2.24, 2.45) is 7.05 Å². The largest absolute Gasteiger partial charge is 0.416 e. The van der Waals surface area contributed by atoms with E-state index in [1.54, 1.807) is 13.0 Å². The van der Waals surface area contributed by atoms with Crippen LogP contribution in [0, 0.1) is 10.1 Å². The van der Waals surface area contributed by atoms with E-state index in [1.807, 2.05) is 19.2 Å². The van der Waals surface area contributed by atoms with Crippen LogP contribution in [0.1, 0.15) is 24.1 Å². The van der Waals surface area contributed by atoms with Crippen LogP contribution >= 0.6 is 0 Å². The molecule has 1 atom stereocenters. The number of alkyl halides is 3. The molecule has 0 spiro atoms. The van der Waals surface area contributed by atoms with E-state index in [0.29, 0.717) is 22.7 Å². The van der Waals surface area contributed by atoms with E-state index < -0.39 is 28.4 Å². The van der Waals surface area contributed by atoms with Crippen molar-refractivity contribution in [1.82, 2.24) is 14.7 Å². The maximum atomic E-state index is 13.4. The predicted octanol–water partition coefficient (Wildman–Crippen LogP) is 3.79. The first kappa shape index (κ1) is 24.5. The fourth-order valence-electron chi connectivity index (χ4n) is 4.15.